The number of aromatic nitrogens is 1. The zero-order valence-electron chi connectivity index (χ0n) is 16.3. The van der Waals surface area contributed by atoms with Crippen LogP contribution in [-0.4, -0.2) is 21.6 Å². The first-order valence-corrected chi connectivity index (χ1v) is 10.0. The van der Waals surface area contributed by atoms with E-state index >= 15 is 0 Å². The number of pyridine rings is 1. The number of benzene rings is 2. The number of rotatable bonds is 4. The standard InChI is InChI=1S/C23H22F2N2O3/c24-15-8-6-14(7-9-15)13-27-19-11-10-16(25)12-18(19)21(28)20(23(27)30)22(29)26-17-4-2-1-3-5-17/h6-12,17,28H,1-5,13H2,(H,26,29). The molecule has 1 aromatic heterocycles. The van der Waals surface area contributed by atoms with Crippen molar-refractivity contribution in [2.45, 2.75) is 44.7 Å². The van der Waals surface area contributed by atoms with E-state index in [4.69, 9.17) is 0 Å². The lowest BCUT2D eigenvalue weighted by Gasteiger charge is -2.23. The average Bonchev–Trinajstić information content (AvgIpc) is 2.73. The molecule has 1 saturated carbocycles. The van der Waals surface area contributed by atoms with Gasteiger partial charge in [-0.25, -0.2) is 8.78 Å². The highest BCUT2D eigenvalue weighted by Gasteiger charge is 2.25. The molecule has 1 amide bonds. The maximum Gasteiger partial charge on any atom is 0.268 e. The van der Waals surface area contributed by atoms with Gasteiger partial charge < -0.3 is 15.0 Å². The van der Waals surface area contributed by atoms with Crippen molar-refractivity contribution < 1.29 is 18.7 Å². The number of hydrogen-bond acceptors (Lipinski definition) is 3. The van der Waals surface area contributed by atoms with Crippen molar-refractivity contribution in [1.82, 2.24) is 9.88 Å². The molecule has 0 unspecified atom stereocenters. The maximum atomic E-state index is 13.9. The van der Waals surface area contributed by atoms with Gasteiger partial charge in [0.1, 0.15) is 22.9 Å². The van der Waals surface area contributed by atoms with E-state index in [1.807, 2.05) is 0 Å². The van der Waals surface area contributed by atoms with E-state index in [2.05, 4.69) is 5.32 Å². The molecule has 1 heterocycles. The Kier molecular flexibility index (Phi) is 5.53. The van der Waals surface area contributed by atoms with Crippen LogP contribution in [0.4, 0.5) is 8.78 Å². The van der Waals surface area contributed by atoms with Crippen molar-refractivity contribution in [3.05, 3.63) is 75.6 Å². The maximum absolute atomic E-state index is 13.9. The van der Waals surface area contributed by atoms with Crippen molar-refractivity contribution in [2.75, 3.05) is 0 Å². The second-order valence-electron chi connectivity index (χ2n) is 7.71. The van der Waals surface area contributed by atoms with E-state index in [1.165, 1.54) is 41.0 Å². The summed E-state index contributed by atoms with van der Waals surface area (Å²) in [5, 5.41) is 13.6. The molecule has 1 fully saturated rings. The highest BCUT2D eigenvalue weighted by Crippen LogP contribution is 2.28. The van der Waals surface area contributed by atoms with Crippen LogP contribution in [0, 0.1) is 11.6 Å². The van der Waals surface area contributed by atoms with Crippen LogP contribution in [-0.2, 0) is 6.54 Å². The quantitative estimate of drug-likeness (QED) is 0.678. The van der Waals surface area contributed by atoms with E-state index in [9.17, 15) is 23.5 Å². The van der Waals surface area contributed by atoms with Gasteiger partial charge in [-0.3, -0.25) is 9.59 Å². The molecule has 0 bridgehead atoms. The number of carbonyl (C=O) groups is 1. The van der Waals surface area contributed by atoms with Gasteiger partial charge in [0.05, 0.1) is 12.1 Å². The van der Waals surface area contributed by atoms with Gasteiger partial charge in [-0.1, -0.05) is 31.4 Å². The van der Waals surface area contributed by atoms with Crippen LogP contribution < -0.4 is 10.9 Å². The van der Waals surface area contributed by atoms with Crippen molar-refractivity contribution in [3.8, 4) is 5.75 Å². The van der Waals surface area contributed by atoms with Crippen molar-refractivity contribution in [3.63, 3.8) is 0 Å². The molecule has 156 valence electrons. The van der Waals surface area contributed by atoms with E-state index < -0.39 is 34.4 Å². The summed E-state index contributed by atoms with van der Waals surface area (Å²) in [4.78, 5) is 26.1. The van der Waals surface area contributed by atoms with Crippen LogP contribution in [0.2, 0.25) is 0 Å². The molecular formula is C23H22F2N2O3. The number of aromatic hydroxyl groups is 1. The summed E-state index contributed by atoms with van der Waals surface area (Å²) in [7, 11) is 0. The fraction of sp³-hybridized carbons (Fsp3) is 0.304. The molecule has 0 radical (unpaired) electrons. The molecule has 0 saturated heterocycles. The zero-order chi connectivity index (χ0) is 21.3. The normalized spacial score (nSPS) is 14.7. The molecule has 2 aromatic carbocycles. The van der Waals surface area contributed by atoms with Gasteiger partial charge in [0.25, 0.3) is 11.5 Å². The monoisotopic (exact) mass is 412 g/mol. The molecule has 0 spiro atoms. The van der Waals surface area contributed by atoms with E-state index in [-0.39, 0.29) is 23.5 Å². The van der Waals surface area contributed by atoms with Crippen LogP contribution in [0.5, 0.6) is 5.75 Å². The Hall–Kier alpha value is -3.22. The molecule has 3 aromatic rings. The zero-order valence-corrected chi connectivity index (χ0v) is 16.3. The topological polar surface area (TPSA) is 71.3 Å². The second kappa shape index (κ2) is 8.26. The van der Waals surface area contributed by atoms with Crippen LogP contribution >= 0.6 is 0 Å². The lowest BCUT2D eigenvalue weighted by atomic mass is 9.95. The van der Waals surface area contributed by atoms with Gasteiger partial charge in [-0.15, -0.1) is 0 Å². The summed E-state index contributed by atoms with van der Waals surface area (Å²) >= 11 is 0. The minimum atomic E-state index is -0.677. The third kappa shape index (κ3) is 3.92. The highest BCUT2D eigenvalue weighted by atomic mass is 19.1. The Labute approximate surface area is 172 Å². The molecule has 1 aliphatic carbocycles. The fourth-order valence-electron chi connectivity index (χ4n) is 4.05. The molecule has 0 atom stereocenters. The van der Waals surface area contributed by atoms with Gasteiger partial charge in [0.15, 0.2) is 0 Å². The van der Waals surface area contributed by atoms with Crippen LogP contribution in [0.25, 0.3) is 10.9 Å². The minimum absolute atomic E-state index is 0.0469. The summed E-state index contributed by atoms with van der Waals surface area (Å²) in [6.07, 6.45) is 4.73. The first-order valence-electron chi connectivity index (χ1n) is 10.0. The Morgan fingerprint density at radius 2 is 1.70 bits per heavy atom. The van der Waals surface area contributed by atoms with Crippen molar-refractivity contribution >= 4 is 16.8 Å². The molecule has 1 aliphatic rings. The molecule has 4 rings (SSSR count). The molecular weight excluding hydrogens is 390 g/mol. The summed E-state index contributed by atoms with van der Waals surface area (Å²) in [6, 6.07) is 9.24. The van der Waals surface area contributed by atoms with Gasteiger partial charge >= 0.3 is 0 Å². The Bertz CT molecular complexity index is 1150. The number of hydrogen-bond donors (Lipinski definition) is 2. The predicted molar refractivity (Wildman–Crippen MR) is 110 cm³/mol. The largest absolute Gasteiger partial charge is 0.506 e. The Morgan fingerprint density at radius 3 is 2.40 bits per heavy atom. The molecule has 7 heteroatoms. The van der Waals surface area contributed by atoms with Crippen LogP contribution in [0.1, 0.15) is 48.0 Å². The first kappa shape index (κ1) is 20.1. The summed E-state index contributed by atoms with van der Waals surface area (Å²) in [6.45, 7) is 0.0469. The number of nitrogens with zero attached hydrogens (tertiary/aromatic N) is 1. The predicted octanol–water partition coefficient (Wildman–Crippen LogP) is 4.10. The highest BCUT2D eigenvalue weighted by molar-refractivity contribution is 6.02. The lowest BCUT2D eigenvalue weighted by Crippen LogP contribution is -2.40. The van der Waals surface area contributed by atoms with Crippen LogP contribution in [0.15, 0.2) is 47.3 Å². The van der Waals surface area contributed by atoms with Gasteiger partial charge in [0.2, 0.25) is 0 Å². The van der Waals surface area contributed by atoms with E-state index in [0.29, 0.717) is 5.56 Å². The molecule has 2 N–H and O–H groups in total. The smallest absolute Gasteiger partial charge is 0.268 e. The number of halogens is 2. The van der Waals surface area contributed by atoms with E-state index in [1.54, 1.807) is 0 Å². The number of carbonyl (C=O) groups excluding carboxylic acids is 1. The lowest BCUT2D eigenvalue weighted by molar-refractivity contribution is 0.0923. The SMILES string of the molecule is O=C(NC1CCCCC1)c1c(O)c2cc(F)ccc2n(Cc2ccc(F)cc2)c1=O. The third-order valence-corrected chi connectivity index (χ3v) is 5.62. The Balaban J connectivity index is 1.82. The summed E-state index contributed by atoms with van der Waals surface area (Å²) in [5.41, 5.74) is -0.157. The minimum Gasteiger partial charge on any atom is -0.506 e. The van der Waals surface area contributed by atoms with Crippen LogP contribution in [0.3, 0.4) is 0 Å². The average molecular weight is 412 g/mol. The number of nitrogens with one attached hydrogen (secondary N) is 1. The third-order valence-electron chi connectivity index (χ3n) is 5.62. The number of amides is 1. The van der Waals surface area contributed by atoms with E-state index in [0.717, 1.165) is 38.2 Å². The van der Waals surface area contributed by atoms with Gasteiger partial charge in [0, 0.05) is 11.4 Å². The number of fused-ring (bicyclic) bond motifs is 1. The van der Waals surface area contributed by atoms with Crippen molar-refractivity contribution in [1.29, 1.82) is 0 Å². The van der Waals surface area contributed by atoms with Gasteiger partial charge in [-0.05, 0) is 48.7 Å². The second-order valence-corrected chi connectivity index (χ2v) is 7.71. The molecule has 30 heavy (non-hydrogen) atoms. The Morgan fingerprint density at radius 1 is 1.03 bits per heavy atom. The molecule has 0 aliphatic heterocycles. The summed E-state index contributed by atoms with van der Waals surface area (Å²) < 4.78 is 28.4. The van der Waals surface area contributed by atoms with Gasteiger partial charge in [-0.2, -0.15) is 0 Å². The first-order chi connectivity index (χ1) is 14.4. The van der Waals surface area contributed by atoms with Crippen molar-refractivity contribution in [2.24, 2.45) is 0 Å². The molecule has 5 nitrogen and oxygen atoms in total. The summed E-state index contributed by atoms with van der Waals surface area (Å²) in [5.74, 6) is -2.19. The fourth-order valence-corrected chi connectivity index (χ4v) is 4.05.